The van der Waals surface area contributed by atoms with Crippen LogP contribution in [0.1, 0.15) is 52.9 Å². The van der Waals surface area contributed by atoms with Crippen LogP contribution >= 0.6 is 0 Å². The number of fused-ring (bicyclic) bond motifs is 3. The van der Waals surface area contributed by atoms with Gasteiger partial charge in [0.1, 0.15) is 0 Å². The molecule has 4 rings (SSSR count). The number of rotatable bonds is 6. The van der Waals surface area contributed by atoms with Crippen molar-refractivity contribution in [2.75, 3.05) is 0 Å². The van der Waals surface area contributed by atoms with Gasteiger partial charge in [-0.05, 0) is 35.2 Å². The Labute approximate surface area is 179 Å². The second kappa shape index (κ2) is 7.89. The molecule has 31 heavy (non-hydrogen) atoms. The van der Waals surface area contributed by atoms with E-state index in [0.29, 0.717) is 22.9 Å². The van der Waals surface area contributed by atoms with Crippen LogP contribution in [0.25, 0.3) is 21.8 Å². The highest BCUT2D eigenvalue weighted by Gasteiger charge is 2.26. The number of hydrogen-bond acceptors (Lipinski definition) is 3. The molecule has 0 radical (unpaired) electrons. The van der Waals surface area contributed by atoms with Gasteiger partial charge in [0.15, 0.2) is 6.10 Å². The van der Waals surface area contributed by atoms with Gasteiger partial charge in [-0.1, -0.05) is 56.3 Å². The largest absolute Gasteiger partial charge is 0.479 e. The number of aliphatic carboxylic acids is 1. The number of benzene rings is 3. The Bertz CT molecular complexity index is 1310. The molecule has 4 N–H and O–H groups in total. The summed E-state index contributed by atoms with van der Waals surface area (Å²) in [7, 11) is 0. The summed E-state index contributed by atoms with van der Waals surface area (Å²) in [5.74, 6) is -1.83. The molecule has 0 saturated carbocycles. The lowest BCUT2D eigenvalue weighted by molar-refractivity contribution is -0.146. The van der Waals surface area contributed by atoms with Crippen LogP contribution in [0.2, 0.25) is 0 Å². The molecule has 6 heteroatoms. The highest BCUT2D eigenvalue weighted by atomic mass is 16.4. The van der Waals surface area contributed by atoms with Crippen molar-refractivity contribution in [3.8, 4) is 0 Å². The fourth-order valence-electron chi connectivity index (χ4n) is 4.14. The summed E-state index contributed by atoms with van der Waals surface area (Å²) in [6.45, 7) is 4.54. The highest BCUT2D eigenvalue weighted by molar-refractivity contribution is 6.19. The summed E-state index contributed by atoms with van der Waals surface area (Å²) in [5.41, 5.74) is 9.71. The number of aliphatic hydroxyl groups is 1. The molecule has 0 aliphatic heterocycles. The fraction of sp³-hybridized carbons (Fsp3) is 0.200. The van der Waals surface area contributed by atoms with Crippen LogP contribution in [0, 0.1) is 0 Å². The molecule has 0 fully saturated rings. The first-order valence-electron chi connectivity index (χ1n) is 10.1. The van der Waals surface area contributed by atoms with Crippen molar-refractivity contribution < 1.29 is 19.8 Å². The third-order valence-corrected chi connectivity index (χ3v) is 5.69. The Balaban J connectivity index is 2.18. The van der Waals surface area contributed by atoms with E-state index in [4.69, 9.17) is 5.73 Å². The van der Waals surface area contributed by atoms with E-state index in [9.17, 15) is 19.8 Å². The highest BCUT2D eigenvalue weighted by Crippen LogP contribution is 2.39. The molecule has 4 aromatic rings. The van der Waals surface area contributed by atoms with Gasteiger partial charge in [-0.25, -0.2) is 4.79 Å². The van der Waals surface area contributed by atoms with Crippen LogP contribution in [0.15, 0.2) is 60.7 Å². The quantitative estimate of drug-likeness (QED) is 0.438. The molecule has 0 aliphatic carbocycles. The number of carboxylic acid groups (broad SMARTS) is 1. The van der Waals surface area contributed by atoms with Crippen molar-refractivity contribution in [3.05, 3.63) is 82.9 Å². The van der Waals surface area contributed by atoms with Gasteiger partial charge in [0.2, 0.25) is 5.91 Å². The van der Waals surface area contributed by atoms with Gasteiger partial charge in [0, 0.05) is 28.4 Å². The van der Waals surface area contributed by atoms with E-state index >= 15 is 0 Å². The number of carbonyl (C=O) groups excluding carboxylic acids is 1. The molecule has 158 valence electrons. The van der Waals surface area contributed by atoms with E-state index in [0.717, 1.165) is 22.2 Å². The molecular formula is C25H24N2O4. The van der Waals surface area contributed by atoms with Gasteiger partial charge in [-0.15, -0.1) is 0 Å². The Morgan fingerprint density at radius 3 is 2.29 bits per heavy atom. The Morgan fingerprint density at radius 2 is 1.68 bits per heavy atom. The number of nitrogens with two attached hydrogens (primary N) is 1. The third kappa shape index (κ3) is 3.55. The fourth-order valence-corrected chi connectivity index (χ4v) is 4.14. The summed E-state index contributed by atoms with van der Waals surface area (Å²) in [6, 6.07) is 18.9. The van der Waals surface area contributed by atoms with Crippen LogP contribution in [-0.2, 0) is 11.3 Å². The minimum absolute atomic E-state index is 0.114. The molecule has 0 aliphatic rings. The molecule has 0 spiro atoms. The van der Waals surface area contributed by atoms with Gasteiger partial charge in [-0.3, -0.25) is 4.79 Å². The van der Waals surface area contributed by atoms with Crippen molar-refractivity contribution >= 4 is 33.7 Å². The van der Waals surface area contributed by atoms with Gasteiger partial charge in [0.25, 0.3) is 0 Å². The Kier molecular flexibility index (Phi) is 5.25. The SMILES string of the molecule is CC(C)c1cc(C(O)C(=O)O)c2c3c(C(N)=O)cccc3n(Cc3ccccc3)c2c1. The number of aliphatic hydroxyl groups excluding tert-OH is 1. The summed E-state index contributed by atoms with van der Waals surface area (Å²) in [4.78, 5) is 24.0. The molecule has 1 unspecified atom stereocenters. The van der Waals surface area contributed by atoms with E-state index in [1.54, 1.807) is 18.2 Å². The molecule has 1 atom stereocenters. The summed E-state index contributed by atoms with van der Waals surface area (Å²) >= 11 is 0. The second-order valence-electron chi connectivity index (χ2n) is 8.04. The molecule has 6 nitrogen and oxygen atoms in total. The first-order valence-corrected chi connectivity index (χ1v) is 10.1. The number of nitrogens with zero attached hydrogens (tertiary/aromatic N) is 1. The lowest BCUT2D eigenvalue weighted by atomic mass is 9.93. The maximum Gasteiger partial charge on any atom is 0.337 e. The number of amides is 1. The van der Waals surface area contributed by atoms with Gasteiger partial charge in [-0.2, -0.15) is 0 Å². The summed E-state index contributed by atoms with van der Waals surface area (Å²) in [6.07, 6.45) is -1.72. The molecule has 1 amide bonds. The topological polar surface area (TPSA) is 106 Å². The predicted octanol–water partition coefficient (Wildman–Crippen LogP) is 4.18. The Hall–Kier alpha value is -3.64. The van der Waals surface area contributed by atoms with Crippen molar-refractivity contribution in [2.24, 2.45) is 5.73 Å². The normalized spacial score (nSPS) is 12.5. The van der Waals surface area contributed by atoms with Crippen LogP contribution < -0.4 is 5.73 Å². The van der Waals surface area contributed by atoms with Crippen molar-refractivity contribution in [2.45, 2.75) is 32.4 Å². The second-order valence-corrected chi connectivity index (χ2v) is 8.04. The molecule has 3 aromatic carbocycles. The summed E-state index contributed by atoms with van der Waals surface area (Å²) < 4.78 is 2.05. The lowest BCUT2D eigenvalue weighted by Gasteiger charge is -2.15. The predicted molar refractivity (Wildman–Crippen MR) is 120 cm³/mol. The third-order valence-electron chi connectivity index (χ3n) is 5.69. The van der Waals surface area contributed by atoms with E-state index in [-0.39, 0.29) is 11.5 Å². The minimum atomic E-state index is -1.72. The first kappa shape index (κ1) is 20.6. The van der Waals surface area contributed by atoms with Crippen LogP contribution in [-0.4, -0.2) is 26.7 Å². The first-order chi connectivity index (χ1) is 14.8. The number of carboxylic acids is 1. The number of hydrogen-bond donors (Lipinski definition) is 3. The van der Waals surface area contributed by atoms with Crippen LogP contribution in [0.3, 0.4) is 0 Å². The monoisotopic (exact) mass is 416 g/mol. The minimum Gasteiger partial charge on any atom is -0.479 e. The lowest BCUT2D eigenvalue weighted by Crippen LogP contribution is -2.13. The molecule has 0 bridgehead atoms. The van der Waals surface area contributed by atoms with Crippen molar-refractivity contribution in [1.82, 2.24) is 4.57 Å². The maximum atomic E-state index is 12.3. The van der Waals surface area contributed by atoms with Gasteiger partial charge < -0.3 is 20.5 Å². The van der Waals surface area contributed by atoms with E-state index in [1.807, 2.05) is 56.3 Å². The van der Waals surface area contributed by atoms with Crippen LogP contribution in [0.5, 0.6) is 0 Å². The van der Waals surface area contributed by atoms with Gasteiger partial charge in [0.05, 0.1) is 11.0 Å². The van der Waals surface area contributed by atoms with E-state index in [1.165, 1.54) is 0 Å². The average molecular weight is 416 g/mol. The smallest absolute Gasteiger partial charge is 0.337 e. The Morgan fingerprint density at radius 1 is 0.968 bits per heavy atom. The van der Waals surface area contributed by atoms with Crippen LogP contribution in [0.4, 0.5) is 0 Å². The molecular weight excluding hydrogens is 392 g/mol. The van der Waals surface area contributed by atoms with Crippen molar-refractivity contribution in [1.29, 1.82) is 0 Å². The molecule has 0 saturated heterocycles. The average Bonchev–Trinajstić information content (AvgIpc) is 3.06. The molecule has 1 aromatic heterocycles. The summed E-state index contributed by atoms with van der Waals surface area (Å²) in [5, 5.41) is 21.2. The van der Waals surface area contributed by atoms with Gasteiger partial charge >= 0.3 is 5.97 Å². The number of aromatic nitrogens is 1. The van der Waals surface area contributed by atoms with E-state index < -0.39 is 18.0 Å². The number of carbonyl (C=O) groups is 2. The molecule has 1 heterocycles. The maximum absolute atomic E-state index is 12.3. The zero-order valence-electron chi connectivity index (χ0n) is 17.4. The standard InChI is InChI=1S/C25H24N2O4/c1-14(2)16-11-18(23(28)25(30)31)22-20(12-16)27(13-15-7-4-3-5-8-15)19-10-6-9-17(21(19)22)24(26)29/h3-12,14,23,28H,13H2,1-2H3,(H2,26,29)(H,30,31). The zero-order valence-corrected chi connectivity index (χ0v) is 17.4. The van der Waals surface area contributed by atoms with Crippen molar-refractivity contribution in [3.63, 3.8) is 0 Å². The number of primary amides is 1. The van der Waals surface area contributed by atoms with E-state index in [2.05, 4.69) is 4.57 Å². The zero-order chi connectivity index (χ0) is 22.3.